The van der Waals surface area contributed by atoms with Gasteiger partial charge in [-0.2, -0.15) is 0 Å². The topological polar surface area (TPSA) is 26.3 Å². The average Bonchev–Trinajstić information content (AvgIpc) is 1.83. The quantitative estimate of drug-likeness (QED) is 0.531. The summed E-state index contributed by atoms with van der Waals surface area (Å²) in [4.78, 5) is -0.306. The van der Waals surface area contributed by atoms with Gasteiger partial charge >= 0.3 is 0 Å². The molecule has 1 saturated heterocycles. The standard InChI is InChI=1S/C5H10O2S/c1-3-5(2)7-4-8(5)6/h3-4H2,1-2H3. The Bertz CT molecular complexity index is 120. The van der Waals surface area contributed by atoms with E-state index in [1.165, 1.54) is 0 Å². The number of hydrogen-bond donors (Lipinski definition) is 0. The highest BCUT2D eigenvalue weighted by Crippen LogP contribution is 2.28. The van der Waals surface area contributed by atoms with E-state index >= 15 is 0 Å². The van der Waals surface area contributed by atoms with Crippen molar-refractivity contribution in [1.82, 2.24) is 0 Å². The summed E-state index contributed by atoms with van der Waals surface area (Å²) >= 11 is 0. The molecule has 0 aromatic heterocycles. The van der Waals surface area contributed by atoms with Crippen molar-refractivity contribution in [2.24, 2.45) is 0 Å². The summed E-state index contributed by atoms with van der Waals surface area (Å²) in [5, 5.41) is 0. The molecule has 2 nitrogen and oxygen atoms in total. The van der Waals surface area contributed by atoms with Crippen LogP contribution < -0.4 is 0 Å². The Kier molecular flexibility index (Phi) is 1.41. The van der Waals surface area contributed by atoms with E-state index in [1.807, 2.05) is 13.8 Å². The third kappa shape index (κ3) is 0.699. The fraction of sp³-hybridized carbons (Fsp3) is 1.00. The van der Waals surface area contributed by atoms with Gasteiger partial charge in [-0.15, -0.1) is 0 Å². The van der Waals surface area contributed by atoms with Crippen LogP contribution >= 0.6 is 0 Å². The van der Waals surface area contributed by atoms with Crippen molar-refractivity contribution in [2.45, 2.75) is 25.2 Å². The van der Waals surface area contributed by atoms with E-state index in [0.29, 0.717) is 5.94 Å². The van der Waals surface area contributed by atoms with Crippen LogP contribution in [0.4, 0.5) is 0 Å². The van der Waals surface area contributed by atoms with E-state index in [0.717, 1.165) is 6.42 Å². The van der Waals surface area contributed by atoms with Gasteiger partial charge in [-0.3, -0.25) is 4.21 Å². The first-order valence-electron chi connectivity index (χ1n) is 2.71. The zero-order valence-electron chi connectivity index (χ0n) is 5.14. The first kappa shape index (κ1) is 6.23. The fourth-order valence-corrected chi connectivity index (χ4v) is 1.51. The number of rotatable bonds is 1. The fourth-order valence-electron chi connectivity index (χ4n) is 0.571. The smallest absolute Gasteiger partial charge is 0.143 e. The van der Waals surface area contributed by atoms with E-state index in [2.05, 4.69) is 0 Å². The normalized spacial score (nSPS) is 46.0. The molecule has 0 aromatic rings. The molecule has 2 unspecified atom stereocenters. The summed E-state index contributed by atoms with van der Waals surface area (Å²) in [6, 6.07) is 0. The zero-order valence-corrected chi connectivity index (χ0v) is 5.96. The van der Waals surface area contributed by atoms with Gasteiger partial charge in [-0.1, -0.05) is 6.92 Å². The van der Waals surface area contributed by atoms with Gasteiger partial charge in [0, 0.05) is 0 Å². The summed E-state index contributed by atoms with van der Waals surface area (Å²) in [7, 11) is -0.718. The maximum Gasteiger partial charge on any atom is 0.143 e. The molecule has 0 radical (unpaired) electrons. The van der Waals surface area contributed by atoms with Crippen molar-refractivity contribution in [3.8, 4) is 0 Å². The second kappa shape index (κ2) is 1.81. The second-order valence-corrected chi connectivity index (χ2v) is 3.89. The molecule has 0 aromatic carbocycles. The lowest BCUT2D eigenvalue weighted by molar-refractivity contribution is 0.0251. The van der Waals surface area contributed by atoms with Gasteiger partial charge in [0.1, 0.15) is 10.9 Å². The first-order valence-corrected chi connectivity index (χ1v) is 4.03. The third-order valence-electron chi connectivity index (χ3n) is 1.60. The van der Waals surface area contributed by atoms with Crippen LogP contribution in [0.3, 0.4) is 0 Å². The lowest BCUT2D eigenvalue weighted by Gasteiger charge is -2.36. The van der Waals surface area contributed by atoms with Crippen molar-refractivity contribution in [2.75, 3.05) is 5.94 Å². The van der Waals surface area contributed by atoms with Crippen LogP contribution in [0, 0.1) is 0 Å². The van der Waals surface area contributed by atoms with Crippen molar-refractivity contribution < 1.29 is 8.95 Å². The minimum absolute atomic E-state index is 0.306. The third-order valence-corrected chi connectivity index (χ3v) is 3.30. The van der Waals surface area contributed by atoms with Crippen LogP contribution in [0.1, 0.15) is 20.3 Å². The molecule has 1 aliphatic rings. The summed E-state index contributed by atoms with van der Waals surface area (Å²) in [5.41, 5.74) is 0. The first-order chi connectivity index (χ1) is 3.69. The van der Waals surface area contributed by atoms with Crippen LogP contribution in [-0.4, -0.2) is 15.1 Å². The van der Waals surface area contributed by atoms with Crippen LogP contribution in [0.5, 0.6) is 0 Å². The van der Waals surface area contributed by atoms with Crippen LogP contribution in [0.25, 0.3) is 0 Å². The van der Waals surface area contributed by atoms with Crippen molar-refractivity contribution >= 4 is 10.8 Å². The summed E-state index contributed by atoms with van der Waals surface area (Å²) in [6.07, 6.45) is 0.847. The molecule has 0 amide bonds. The minimum Gasteiger partial charge on any atom is -0.349 e. The lowest BCUT2D eigenvalue weighted by Crippen LogP contribution is -2.46. The predicted molar refractivity (Wildman–Crippen MR) is 32.8 cm³/mol. The monoisotopic (exact) mass is 134 g/mol. The van der Waals surface area contributed by atoms with E-state index in [9.17, 15) is 4.21 Å². The predicted octanol–water partition coefficient (Wildman–Crippen LogP) is 0.849. The maximum absolute atomic E-state index is 10.8. The number of ether oxygens (including phenoxy) is 1. The zero-order chi connectivity index (χ0) is 6.20. The van der Waals surface area contributed by atoms with Crippen molar-refractivity contribution in [3.63, 3.8) is 0 Å². The summed E-state index contributed by atoms with van der Waals surface area (Å²) in [6.45, 7) is 3.86. The summed E-state index contributed by atoms with van der Waals surface area (Å²) in [5.74, 6) is 0.435. The highest BCUT2D eigenvalue weighted by molar-refractivity contribution is 7.87. The second-order valence-electron chi connectivity index (χ2n) is 2.10. The van der Waals surface area contributed by atoms with Gasteiger partial charge in [0.05, 0.1) is 10.8 Å². The molecule has 0 N–H and O–H groups in total. The highest BCUT2D eigenvalue weighted by atomic mass is 32.2. The average molecular weight is 134 g/mol. The Morgan fingerprint density at radius 3 is 2.50 bits per heavy atom. The molecule has 0 aliphatic carbocycles. The molecule has 3 heteroatoms. The van der Waals surface area contributed by atoms with Crippen LogP contribution in [-0.2, 0) is 15.5 Å². The Labute approximate surface area is 51.7 Å². The molecule has 48 valence electrons. The molecule has 2 atom stereocenters. The van der Waals surface area contributed by atoms with Crippen molar-refractivity contribution in [1.29, 1.82) is 0 Å². The van der Waals surface area contributed by atoms with Crippen LogP contribution in [0.2, 0.25) is 0 Å². The molecule has 1 heterocycles. The Morgan fingerprint density at radius 2 is 2.50 bits per heavy atom. The highest BCUT2D eigenvalue weighted by Gasteiger charge is 2.39. The molecule has 1 rings (SSSR count). The number of hydrogen-bond acceptors (Lipinski definition) is 2. The molecule has 8 heavy (non-hydrogen) atoms. The Hall–Kier alpha value is 0.110. The maximum atomic E-state index is 10.8. The van der Waals surface area contributed by atoms with Gasteiger partial charge in [0.25, 0.3) is 0 Å². The van der Waals surface area contributed by atoms with Gasteiger partial charge in [-0.25, -0.2) is 0 Å². The molecule has 0 saturated carbocycles. The van der Waals surface area contributed by atoms with E-state index in [4.69, 9.17) is 4.74 Å². The van der Waals surface area contributed by atoms with E-state index in [1.54, 1.807) is 0 Å². The lowest BCUT2D eigenvalue weighted by atomic mass is 10.3. The molecular weight excluding hydrogens is 124 g/mol. The Morgan fingerprint density at radius 1 is 1.88 bits per heavy atom. The van der Waals surface area contributed by atoms with Gasteiger partial charge in [0.2, 0.25) is 0 Å². The SMILES string of the molecule is CCC1(C)OCS1=O. The van der Waals surface area contributed by atoms with Gasteiger partial charge in [0.15, 0.2) is 0 Å². The molecule has 1 aliphatic heterocycles. The van der Waals surface area contributed by atoms with Gasteiger partial charge in [-0.05, 0) is 13.3 Å². The van der Waals surface area contributed by atoms with Crippen molar-refractivity contribution in [3.05, 3.63) is 0 Å². The summed E-state index contributed by atoms with van der Waals surface area (Å²) < 4.78 is 15.8. The molecule has 1 fully saturated rings. The van der Waals surface area contributed by atoms with Crippen LogP contribution in [0.15, 0.2) is 0 Å². The largest absolute Gasteiger partial charge is 0.349 e. The minimum atomic E-state index is -0.718. The Balaban J connectivity index is 2.55. The molecule has 0 spiro atoms. The molecular formula is C5H10O2S. The molecule has 0 bridgehead atoms. The van der Waals surface area contributed by atoms with Gasteiger partial charge < -0.3 is 4.74 Å². The van der Waals surface area contributed by atoms with E-state index < -0.39 is 10.8 Å². The van der Waals surface area contributed by atoms with E-state index in [-0.39, 0.29) is 4.93 Å².